The van der Waals surface area contributed by atoms with Crippen molar-refractivity contribution >= 4 is 32.8 Å². The van der Waals surface area contributed by atoms with Crippen LogP contribution >= 0.6 is 11.3 Å². The van der Waals surface area contributed by atoms with Crippen molar-refractivity contribution in [3.63, 3.8) is 0 Å². The predicted molar refractivity (Wildman–Crippen MR) is 126 cm³/mol. The zero-order valence-corrected chi connectivity index (χ0v) is 19.4. The monoisotopic (exact) mass is 473 g/mol. The molecule has 1 unspecified atom stereocenters. The molecule has 3 aromatic rings. The summed E-state index contributed by atoms with van der Waals surface area (Å²) in [5, 5.41) is 5.83. The van der Waals surface area contributed by atoms with E-state index in [1.54, 1.807) is 23.9 Å². The summed E-state index contributed by atoms with van der Waals surface area (Å²) in [6.07, 6.45) is 2.67. The summed E-state index contributed by atoms with van der Waals surface area (Å²) < 4.78 is 18.2. The molecule has 1 fully saturated rings. The van der Waals surface area contributed by atoms with Crippen LogP contribution in [0.1, 0.15) is 13.3 Å². The number of ether oxygens (including phenoxy) is 3. The van der Waals surface area contributed by atoms with Gasteiger partial charge in [0.15, 0.2) is 5.13 Å². The van der Waals surface area contributed by atoms with Gasteiger partial charge in [0.1, 0.15) is 10.3 Å². The van der Waals surface area contributed by atoms with Crippen LogP contribution in [0.15, 0.2) is 29.2 Å². The fraction of sp³-hybridized carbons (Fsp3) is 0.455. The lowest BCUT2D eigenvalue weighted by molar-refractivity contribution is 0.166. The second kappa shape index (κ2) is 10.7. The molecule has 0 radical (unpaired) electrons. The molecule has 1 atom stereocenters. The van der Waals surface area contributed by atoms with Gasteiger partial charge in [0.25, 0.3) is 5.56 Å². The van der Waals surface area contributed by atoms with E-state index in [1.165, 1.54) is 11.3 Å². The van der Waals surface area contributed by atoms with Crippen LogP contribution in [-0.4, -0.2) is 60.6 Å². The number of nitrogens with one attached hydrogen (secondary N) is 2. The maximum absolute atomic E-state index is 12.6. The van der Waals surface area contributed by atoms with Gasteiger partial charge in [-0.05, 0) is 31.0 Å². The van der Waals surface area contributed by atoms with Crippen molar-refractivity contribution in [2.45, 2.75) is 19.9 Å². The Morgan fingerprint density at radius 3 is 2.97 bits per heavy atom. The second-order valence-corrected chi connectivity index (χ2v) is 8.63. The van der Waals surface area contributed by atoms with Gasteiger partial charge < -0.3 is 24.1 Å². The summed E-state index contributed by atoms with van der Waals surface area (Å²) in [6, 6.07) is 4.93. The third kappa shape index (κ3) is 5.67. The topological polar surface area (TPSA) is 117 Å². The van der Waals surface area contributed by atoms with Gasteiger partial charge in [-0.15, -0.1) is 0 Å². The number of urea groups is 1. The van der Waals surface area contributed by atoms with Crippen molar-refractivity contribution in [1.82, 2.24) is 19.9 Å². The molecule has 3 aromatic heterocycles. The molecule has 4 heterocycles. The van der Waals surface area contributed by atoms with Gasteiger partial charge in [0.05, 0.1) is 19.8 Å². The lowest BCUT2D eigenvalue weighted by atomic mass is 10.1. The number of aromatic nitrogens is 3. The van der Waals surface area contributed by atoms with Crippen molar-refractivity contribution in [1.29, 1.82) is 0 Å². The maximum atomic E-state index is 12.6. The molecule has 0 aliphatic carbocycles. The fourth-order valence-electron chi connectivity index (χ4n) is 3.48. The van der Waals surface area contributed by atoms with Crippen molar-refractivity contribution in [3.8, 4) is 17.0 Å². The molecule has 0 saturated carbocycles. The van der Waals surface area contributed by atoms with Crippen LogP contribution in [0.25, 0.3) is 21.5 Å². The SMILES string of the molecule is CCNC(=O)Nc1nc2cc(-c3ccn(CCOC)c(=O)c3)c(OCC3CCOC3)nc2s1. The van der Waals surface area contributed by atoms with Crippen LogP contribution in [0.5, 0.6) is 5.88 Å². The second-order valence-electron chi connectivity index (χ2n) is 7.65. The molecule has 11 heteroatoms. The fourth-order valence-corrected chi connectivity index (χ4v) is 4.29. The standard InChI is InChI=1S/C22H27N5O5S/c1-3-23-21(29)26-22-24-17-11-16(15-4-6-27(7-9-30-2)18(28)10-15)19(25-20(17)33-22)32-13-14-5-8-31-12-14/h4,6,10-11,14H,3,5,7-9,12-13H2,1-2H3,(H2,23,24,26,29). The first-order chi connectivity index (χ1) is 16.1. The van der Waals surface area contributed by atoms with Crippen LogP contribution in [0.4, 0.5) is 9.93 Å². The van der Waals surface area contributed by atoms with Gasteiger partial charge in [0, 0.05) is 50.6 Å². The Bertz CT molecular complexity index is 1170. The van der Waals surface area contributed by atoms with Crippen LogP contribution in [0.2, 0.25) is 0 Å². The quantitative estimate of drug-likeness (QED) is 0.491. The summed E-state index contributed by atoms with van der Waals surface area (Å²) in [7, 11) is 1.60. The summed E-state index contributed by atoms with van der Waals surface area (Å²) in [5.41, 5.74) is 1.83. The Morgan fingerprint density at radius 2 is 2.24 bits per heavy atom. The minimum atomic E-state index is -0.325. The molecule has 33 heavy (non-hydrogen) atoms. The summed E-state index contributed by atoms with van der Waals surface area (Å²) in [5.74, 6) is 0.727. The average Bonchev–Trinajstić information content (AvgIpc) is 3.45. The van der Waals surface area contributed by atoms with Crippen molar-refractivity contribution in [2.75, 3.05) is 45.4 Å². The van der Waals surface area contributed by atoms with Crippen molar-refractivity contribution in [2.24, 2.45) is 5.92 Å². The molecular formula is C22H27N5O5S. The van der Waals surface area contributed by atoms with Crippen molar-refractivity contribution < 1.29 is 19.0 Å². The minimum absolute atomic E-state index is 0.142. The number of carbonyl (C=O) groups is 1. The van der Waals surface area contributed by atoms with Crippen molar-refractivity contribution in [3.05, 3.63) is 34.7 Å². The molecule has 1 saturated heterocycles. The Kier molecular flexibility index (Phi) is 7.53. The third-order valence-corrected chi connectivity index (χ3v) is 6.11. The summed E-state index contributed by atoms with van der Waals surface area (Å²) in [4.78, 5) is 34.3. The van der Waals surface area contributed by atoms with E-state index in [4.69, 9.17) is 14.2 Å². The van der Waals surface area contributed by atoms with E-state index < -0.39 is 0 Å². The number of thiazole rings is 1. The average molecular weight is 474 g/mol. The smallest absolute Gasteiger partial charge is 0.321 e. The van der Waals surface area contributed by atoms with E-state index in [0.29, 0.717) is 71.3 Å². The molecule has 0 bridgehead atoms. The van der Waals surface area contributed by atoms with Gasteiger partial charge in [0.2, 0.25) is 5.88 Å². The van der Waals surface area contributed by atoms with E-state index in [9.17, 15) is 9.59 Å². The Hall–Kier alpha value is -3.02. The molecule has 1 aliphatic rings. The third-order valence-electron chi connectivity index (χ3n) is 5.23. The number of methoxy groups -OCH3 is 1. The molecule has 0 spiro atoms. The number of hydrogen-bond acceptors (Lipinski definition) is 8. The van der Waals surface area contributed by atoms with Gasteiger partial charge in [-0.1, -0.05) is 11.3 Å². The van der Waals surface area contributed by atoms with Gasteiger partial charge in [-0.3, -0.25) is 10.1 Å². The number of anilines is 1. The number of carbonyl (C=O) groups excluding carboxylic acids is 1. The van der Waals surface area contributed by atoms with Gasteiger partial charge in [-0.2, -0.15) is 0 Å². The molecular weight excluding hydrogens is 446 g/mol. The highest BCUT2D eigenvalue weighted by atomic mass is 32.1. The van der Waals surface area contributed by atoms with E-state index in [1.807, 2.05) is 19.1 Å². The molecule has 2 amide bonds. The Balaban J connectivity index is 1.68. The molecule has 10 nitrogen and oxygen atoms in total. The van der Waals surface area contributed by atoms with Crippen LogP contribution in [0.3, 0.4) is 0 Å². The Labute approximate surface area is 194 Å². The highest BCUT2D eigenvalue weighted by Crippen LogP contribution is 2.35. The first-order valence-electron chi connectivity index (χ1n) is 10.8. The number of fused-ring (bicyclic) bond motifs is 1. The lowest BCUT2D eigenvalue weighted by Gasteiger charge is -2.14. The zero-order chi connectivity index (χ0) is 23.2. The first kappa shape index (κ1) is 23.1. The zero-order valence-electron chi connectivity index (χ0n) is 18.6. The van der Waals surface area contributed by atoms with E-state index in [0.717, 1.165) is 13.0 Å². The summed E-state index contributed by atoms with van der Waals surface area (Å²) in [6.45, 7) is 5.14. The molecule has 176 valence electrons. The number of pyridine rings is 2. The van der Waals surface area contributed by atoms with E-state index >= 15 is 0 Å². The van der Waals surface area contributed by atoms with E-state index in [2.05, 4.69) is 20.6 Å². The largest absolute Gasteiger partial charge is 0.477 e. The predicted octanol–water partition coefficient (Wildman–Crippen LogP) is 2.72. The number of rotatable bonds is 9. The highest BCUT2D eigenvalue weighted by molar-refractivity contribution is 7.22. The molecule has 4 rings (SSSR count). The summed E-state index contributed by atoms with van der Waals surface area (Å²) >= 11 is 1.26. The lowest BCUT2D eigenvalue weighted by Crippen LogP contribution is -2.28. The molecule has 0 aromatic carbocycles. The normalized spacial score (nSPS) is 15.6. The first-order valence-corrected chi connectivity index (χ1v) is 11.7. The van der Waals surface area contributed by atoms with Gasteiger partial charge in [-0.25, -0.2) is 14.8 Å². The van der Waals surface area contributed by atoms with Crippen LogP contribution in [-0.2, 0) is 16.0 Å². The highest BCUT2D eigenvalue weighted by Gasteiger charge is 2.20. The van der Waals surface area contributed by atoms with E-state index in [-0.39, 0.29) is 11.6 Å². The maximum Gasteiger partial charge on any atom is 0.321 e. The number of hydrogen-bond donors (Lipinski definition) is 2. The van der Waals surface area contributed by atoms with Crippen LogP contribution < -0.4 is 20.9 Å². The van der Waals surface area contributed by atoms with Crippen LogP contribution in [0, 0.1) is 5.92 Å². The minimum Gasteiger partial charge on any atom is -0.477 e. The number of amides is 2. The van der Waals surface area contributed by atoms with Gasteiger partial charge >= 0.3 is 6.03 Å². The Morgan fingerprint density at radius 1 is 1.36 bits per heavy atom. The molecule has 2 N–H and O–H groups in total. The molecule has 1 aliphatic heterocycles. The number of nitrogens with zero attached hydrogens (tertiary/aromatic N) is 3.